The van der Waals surface area contributed by atoms with Gasteiger partial charge in [-0.15, -0.1) is 0 Å². The van der Waals surface area contributed by atoms with Crippen LogP contribution in [0.25, 0.3) is 10.9 Å². The lowest BCUT2D eigenvalue weighted by atomic mass is 9.98. The molecule has 1 aliphatic rings. The highest BCUT2D eigenvalue weighted by atomic mass is 16.6. The summed E-state index contributed by atoms with van der Waals surface area (Å²) in [4.78, 5) is 31.1. The summed E-state index contributed by atoms with van der Waals surface area (Å²) in [5.41, 5.74) is 0.375. The van der Waals surface area contributed by atoms with Crippen molar-refractivity contribution in [2.24, 2.45) is 5.92 Å². The molecule has 22 heavy (non-hydrogen) atoms. The number of hydrogen-bond donors (Lipinski definition) is 2. The number of anilines is 1. The Morgan fingerprint density at radius 2 is 2.32 bits per heavy atom. The predicted molar refractivity (Wildman–Crippen MR) is 81.0 cm³/mol. The van der Waals surface area contributed by atoms with Crippen LogP contribution in [0.5, 0.6) is 0 Å². The van der Waals surface area contributed by atoms with Crippen molar-refractivity contribution in [2.45, 2.75) is 12.8 Å². The molecule has 2 heterocycles. The minimum Gasteiger partial charge on any atom is -0.396 e. The van der Waals surface area contributed by atoms with Crippen molar-refractivity contribution in [3.8, 4) is 0 Å². The van der Waals surface area contributed by atoms with E-state index in [9.17, 15) is 20.0 Å². The molecule has 8 nitrogen and oxygen atoms in total. The normalized spacial score (nSPS) is 18.6. The molecule has 1 unspecified atom stereocenters. The number of nitro benzene ring substituents is 1. The average Bonchev–Trinajstić information content (AvgIpc) is 2.54. The van der Waals surface area contributed by atoms with E-state index in [0.29, 0.717) is 24.3 Å². The summed E-state index contributed by atoms with van der Waals surface area (Å²) in [6.07, 6.45) is 3.06. The quantitative estimate of drug-likeness (QED) is 0.647. The summed E-state index contributed by atoms with van der Waals surface area (Å²) in [6, 6.07) is 2.86. The van der Waals surface area contributed by atoms with E-state index < -0.39 is 10.5 Å². The van der Waals surface area contributed by atoms with E-state index >= 15 is 0 Å². The van der Waals surface area contributed by atoms with Crippen molar-refractivity contribution in [3.05, 3.63) is 38.9 Å². The third kappa shape index (κ3) is 2.52. The molecule has 0 bridgehead atoms. The number of nitrogens with zero attached hydrogens (tertiary/aromatic N) is 3. The Balaban J connectivity index is 2.13. The van der Waals surface area contributed by atoms with Crippen LogP contribution in [0.15, 0.2) is 23.3 Å². The fourth-order valence-corrected chi connectivity index (χ4v) is 2.93. The first-order valence-corrected chi connectivity index (χ1v) is 7.12. The molecule has 1 atom stereocenters. The van der Waals surface area contributed by atoms with Crippen LogP contribution in [-0.2, 0) is 0 Å². The molecule has 8 heteroatoms. The van der Waals surface area contributed by atoms with Crippen LogP contribution in [0.2, 0.25) is 0 Å². The molecule has 0 radical (unpaired) electrons. The number of rotatable bonds is 3. The molecule has 0 spiro atoms. The van der Waals surface area contributed by atoms with Gasteiger partial charge in [-0.2, -0.15) is 0 Å². The van der Waals surface area contributed by atoms with Crippen molar-refractivity contribution in [1.29, 1.82) is 0 Å². The molecular weight excluding hydrogens is 288 g/mol. The molecule has 1 saturated heterocycles. The van der Waals surface area contributed by atoms with Crippen LogP contribution in [0.3, 0.4) is 0 Å². The molecular formula is C14H16N4O4. The number of aliphatic hydroxyl groups is 1. The smallest absolute Gasteiger partial charge is 0.293 e. The van der Waals surface area contributed by atoms with Gasteiger partial charge in [-0.3, -0.25) is 14.9 Å². The van der Waals surface area contributed by atoms with Crippen LogP contribution < -0.4 is 10.5 Å². The first-order valence-electron chi connectivity index (χ1n) is 7.12. The summed E-state index contributed by atoms with van der Waals surface area (Å²) in [7, 11) is 0. The summed E-state index contributed by atoms with van der Waals surface area (Å²) in [5, 5.41) is 20.9. The first-order chi connectivity index (χ1) is 10.6. The Hall–Kier alpha value is -2.48. The number of hydrogen-bond acceptors (Lipinski definition) is 6. The number of aromatic amines is 1. The van der Waals surface area contributed by atoms with E-state index in [1.165, 1.54) is 12.4 Å². The van der Waals surface area contributed by atoms with Crippen LogP contribution >= 0.6 is 0 Å². The van der Waals surface area contributed by atoms with E-state index in [4.69, 9.17) is 0 Å². The fourth-order valence-electron chi connectivity index (χ4n) is 2.93. The summed E-state index contributed by atoms with van der Waals surface area (Å²) >= 11 is 0. The second-order valence-electron chi connectivity index (χ2n) is 5.48. The standard InChI is InChI=1S/C14H16N4O4/c19-7-9-2-1-3-17(6-9)12-5-11-10(4-13(12)18(21)22)14(20)16-8-15-11/h4-5,8-9,19H,1-3,6-7H2,(H,15,16,20). The van der Waals surface area contributed by atoms with Gasteiger partial charge in [0.1, 0.15) is 5.69 Å². The lowest BCUT2D eigenvalue weighted by molar-refractivity contribution is -0.384. The molecule has 0 aliphatic carbocycles. The molecule has 0 saturated carbocycles. The highest BCUT2D eigenvalue weighted by molar-refractivity contribution is 5.87. The zero-order valence-electron chi connectivity index (χ0n) is 11.9. The molecule has 2 N–H and O–H groups in total. The topological polar surface area (TPSA) is 112 Å². The molecule has 1 aromatic heterocycles. The Morgan fingerprint density at radius 1 is 1.50 bits per heavy atom. The molecule has 0 amide bonds. The maximum atomic E-state index is 11.8. The molecule has 3 rings (SSSR count). The Bertz CT molecular complexity index is 773. The number of piperidine rings is 1. The van der Waals surface area contributed by atoms with Crippen LogP contribution in [0.1, 0.15) is 12.8 Å². The van der Waals surface area contributed by atoms with Gasteiger partial charge < -0.3 is 15.0 Å². The average molecular weight is 304 g/mol. The van der Waals surface area contributed by atoms with Crippen molar-refractivity contribution in [2.75, 3.05) is 24.6 Å². The van der Waals surface area contributed by atoms with E-state index in [2.05, 4.69) is 9.97 Å². The second-order valence-corrected chi connectivity index (χ2v) is 5.48. The molecule has 116 valence electrons. The highest BCUT2D eigenvalue weighted by Crippen LogP contribution is 2.33. The lowest BCUT2D eigenvalue weighted by Crippen LogP contribution is -2.37. The number of aliphatic hydroxyl groups excluding tert-OH is 1. The van der Waals surface area contributed by atoms with Gasteiger partial charge in [-0.1, -0.05) is 0 Å². The van der Waals surface area contributed by atoms with Gasteiger partial charge in [-0.25, -0.2) is 4.98 Å². The zero-order valence-corrected chi connectivity index (χ0v) is 11.9. The monoisotopic (exact) mass is 304 g/mol. The maximum Gasteiger partial charge on any atom is 0.293 e. The predicted octanol–water partition coefficient (Wildman–Crippen LogP) is 1.04. The lowest BCUT2D eigenvalue weighted by Gasteiger charge is -2.33. The maximum absolute atomic E-state index is 11.8. The zero-order chi connectivity index (χ0) is 15.7. The van der Waals surface area contributed by atoms with Crippen molar-refractivity contribution >= 4 is 22.3 Å². The minimum absolute atomic E-state index is 0.0653. The summed E-state index contributed by atoms with van der Waals surface area (Å²) < 4.78 is 0. The Morgan fingerprint density at radius 3 is 3.05 bits per heavy atom. The van der Waals surface area contributed by atoms with Gasteiger partial charge in [0.15, 0.2) is 0 Å². The second kappa shape index (κ2) is 5.72. The Kier molecular flexibility index (Phi) is 3.76. The summed E-state index contributed by atoms with van der Waals surface area (Å²) in [6.45, 7) is 1.31. The van der Waals surface area contributed by atoms with Crippen molar-refractivity contribution in [3.63, 3.8) is 0 Å². The minimum atomic E-state index is -0.482. The first kappa shape index (κ1) is 14.5. The number of nitrogens with one attached hydrogen (secondary N) is 1. The van der Waals surface area contributed by atoms with Gasteiger partial charge >= 0.3 is 0 Å². The highest BCUT2D eigenvalue weighted by Gasteiger charge is 2.26. The third-order valence-electron chi connectivity index (χ3n) is 4.05. The summed E-state index contributed by atoms with van der Waals surface area (Å²) in [5.74, 6) is 0.108. The van der Waals surface area contributed by atoms with E-state index in [-0.39, 0.29) is 23.6 Å². The van der Waals surface area contributed by atoms with Crippen molar-refractivity contribution < 1.29 is 10.0 Å². The van der Waals surface area contributed by atoms with Gasteiger partial charge in [0.05, 0.1) is 22.2 Å². The molecule has 1 aromatic carbocycles. The van der Waals surface area contributed by atoms with E-state index in [0.717, 1.165) is 12.8 Å². The third-order valence-corrected chi connectivity index (χ3v) is 4.05. The van der Waals surface area contributed by atoms with Gasteiger partial charge in [-0.05, 0) is 24.8 Å². The number of nitro groups is 1. The largest absolute Gasteiger partial charge is 0.396 e. The van der Waals surface area contributed by atoms with Gasteiger partial charge in [0.25, 0.3) is 11.2 Å². The van der Waals surface area contributed by atoms with Crippen molar-refractivity contribution in [1.82, 2.24) is 9.97 Å². The van der Waals surface area contributed by atoms with Gasteiger partial charge in [0.2, 0.25) is 0 Å². The van der Waals surface area contributed by atoms with Crippen LogP contribution in [0, 0.1) is 16.0 Å². The fraction of sp³-hybridized carbons (Fsp3) is 0.429. The molecule has 2 aromatic rings. The Labute approximate surface area is 125 Å². The van der Waals surface area contributed by atoms with Crippen LogP contribution in [-0.4, -0.2) is 39.7 Å². The van der Waals surface area contributed by atoms with Crippen LogP contribution in [0.4, 0.5) is 11.4 Å². The number of fused-ring (bicyclic) bond motifs is 1. The molecule has 1 aliphatic heterocycles. The van der Waals surface area contributed by atoms with E-state index in [1.807, 2.05) is 4.90 Å². The molecule has 1 fully saturated rings. The number of H-pyrrole nitrogens is 1. The SMILES string of the molecule is O=c1[nH]cnc2cc(N3CCCC(CO)C3)c([N+](=O)[O-])cc12. The van der Waals surface area contributed by atoms with Gasteiger partial charge in [0, 0.05) is 25.8 Å². The number of benzene rings is 1. The van der Waals surface area contributed by atoms with E-state index in [1.54, 1.807) is 6.07 Å². The number of aromatic nitrogens is 2.